The summed E-state index contributed by atoms with van der Waals surface area (Å²) in [6.07, 6.45) is 1.70. The van der Waals surface area contributed by atoms with Crippen LogP contribution in [0.1, 0.15) is 28.7 Å². The van der Waals surface area contributed by atoms with Crippen LogP contribution in [0.3, 0.4) is 0 Å². The second-order valence-corrected chi connectivity index (χ2v) is 5.40. The molecule has 1 aromatic carbocycles. The number of hydrogen-bond acceptors (Lipinski definition) is 6. The Labute approximate surface area is 144 Å². The van der Waals surface area contributed by atoms with Gasteiger partial charge in [-0.15, -0.1) is 5.10 Å². The second kappa shape index (κ2) is 7.52. The van der Waals surface area contributed by atoms with E-state index < -0.39 is 0 Å². The largest absolute Gasteiger partial charge is 0.486 e. The Morgan fingerprint density at radius 3 is 2.68 bits per heavy atom. The van der Waals surface area contributed by atoms with E-state index in [9.17, 15) is 4.79 Å². The van der Waals surface area contributed by atoms with Gasteiger partial charge in [0.15, 0.2) is 5.82 Å². The summed E-state index contributed by atoms with van der Waals surface area (Å²) in [6.45, 7) is 4.84. The molecule has 2 aromatic heterocycles. The van der Waals surface area contributed by atoms with E-state index in [4.69, 9.17) is 4.74 Å². The van der Waals surface area contributed by atoms with Crippen LogP contribution in [0.15, 0.2) is 42.6 Å². The summed E-state index contributed by atoms with van der Waals surface area (Å²) in [4.78, 5) is 16.4. The highest BCUT2D eigenvalue weighted by atomic mass is 16.5. The molecule has 0 spiro atoms. The zero-order chi connectivity index (χ0) is 17.6. The minimum Gasteiger partial charge on any atom is -0.486 e. The van der Waals surface area contributed by atoms with Gasteiger partial charge in [0.25, 0.3) is 5.91 Å². The molecule has 1 N–H and O–H groups in total. The summed E-state index contributed by atoms with van der Waals surface area (Å²) in [5.41, 5.74) is 1.56. The quantitative estimate of drug-likeness (QED) is 0.740. The Morgan fingerprint density at radius 2 is 2.00 bits per heavy atom. The van der Waals surface area contributed by atoms with Gasteiger partial charge >= 0.3 is 0 Å². The average Bonchev–Trinajstić information content (AvgIpc) is 3.10. The molecule has 0 atom stereocenters. The summed E-state index contributed by atoms with van der Waals surface area (Å²) < 4.78 is 7.31. The third-order valence-corrected chi connectivity index (χ3v) is 3.54. The van der Waals surface area contributed by atoms with Gasteiger partial charge < -0.3 is 10.1 Å². The minimum absolute atomic E-state index is 0.224. The lowest BCUT2D eigenvalue weighted by Gasteiger charge is -2.07. The van der Waals surface area contributed by atoms with Gasteiger partial charge in [-0.3, -0.25) is 4.79 Å². The average molecular weight is 338 g/mol. The molecule has 3 aromatic rings. The maximum atomic E-state index is 12.2. The number of nitrogens with one attached hydrogen (secondary N) is 1. The van der Waals surface area contributed by atoms with E-state index in [1.807, 2.05) is 19.9 Å². The number of carbonyl (C=O) groups is 1. The van der Waals surface area contributed by atoms with Crippen LogP contribution in [0.5, 0.6) is 5.75 Å². The van der Waals surface area contributed by atoms with Crippen LogP contribution < -0.4 is 10.1 Å². The topological polar surface area (TPSA) is 94.8 Å². The van der Waals surface area contributed by atoms with Crippen molar-refractivity contribution in [2.45, 2.75) is 27.0 Å². The van der Waals surface area contributed by atoms with Crippen LogP contribution >= 0.6 is 0 Å². The van der Waals surface area contributed by atoms with Gasteiger partial charge in [0.1, 0.15) is 18.2 Å². The Morgan fingerprint density at radius 1 is 1.20 bits per heavy atom. The van der Waals surface area contributed by atoms with Crippen molar-refractivity contribution in [3.63, 3.8) is 0 Å². The first-order valence-corrected chi connectivity index (χ1v) is 7.87. The number of tetrazole rings is 1. The van der Waals surface area contributed by atoms with Crippen LogP contribution in [-0.2, 0) is 13.2 Å². The monoisotopic (exact) mass is 338 g/mol. The van der Waals surface area contributed by atoms with Gasteiger partial charge in [-0.05, 0) is 60.2 Å². The maximum absolute atomic E-state index is 12.2. The summed E-state index contributed by atoms with van der Waals surface area (Å²) in [6, 6.07) is 10.5. The third kappa shape index (κ3) is 4.17. The first-order chi connectivity index (χ1) is 12.2. The highest BCUT2D eigenvalue weighted by Crippen LogP contribution is 2.15. The van der Waals surface area contributed by atoms with Crippen molar-refractivity contribution >= 4 is 11.7 Å². The fraction of sp³-hybridized carbons (Fsp3) is 0.235. The Balaban J connectivity index is 1.59. The van der Waals surface area contributed by atoms with E-state index in [0.717, 1.165) is 5.56 Å². The van der Waals surface area contributed by atoms with E-state index in [-0.39, 0.29) is 12.5 Å². The van der Waals surface area contributed by atoms with E-state index in [2.05, 4.69) is 25.8 Å². The number of anilines is 1. The van der Waals surface area contributed by atoms with Gasteiger partial charge in [0.2, 0.25) is 0 Å². The molecule has 0 bridgehead atoms. The zero-order valence-electron chi connectivity index (χ0n) is 14.0. The van der Waals surface area contributed by atoms with Gasteiger partial charge in [-0.25, -0.2) is 9.67 Å². The molecular weight excluding hydrogens is 320 g/mol. The van der Waals surface area contributed by atoms with Gasteiger partial charge in [-0.2, -0.15) is 0 Å². The molecule has 0 unspecified atom stereocenters. The van der Waals surface area contributed by atoms with Gasteiger partial charge in [-0.1, -0.05) is 6.07 Å². The lowest BCUT2D eigenvalue weighted by molar-refractivity contribution is 0.102. The first-order valence-electron chi connectivity index (χ1n) is 7.87. The molecule has 0 saturated carbocycles. The molecule has 2 heterocycles. The van der Waals surface area contributed by atoms with Gasteiger partial charge in [0.05, 0.1) is 0 Å². The number of aromatic nitrogens is 5. The maximum Gasteiger partial charge on any atom is 0.256 e. The standard InChI is InChI=1S/C17H18N6O2/c1-3-23-16(20-21-22-23)11-25-14-7-5-13(6-8-14)17(24)19-15-9-4-12(2)10-18-15/h4-10H,3,11H2,1-2H3,(H,18,19,24). The van der Waals surface area contributed by atoms with Gasteiger partial charge in [0, 0.05) is 18.3 Å². The molecule has 128 valence electrons. The molecular formula is C17H18N6O2. The minimum atomic E-state index is -0.224. The zero-order valence-corrected chi connectivity index (χ0v) is 14.0. The molecule has 8 heteroatoms. The number of pyridine rings is 1. The van der Waals surface area contributed by atoms with Crippen molar-refractivity contribution in [1.82, 2.24) is 25.2 Å². The highest BCUT2D eigenvalue weighted by molar-refractivity contribution is 6.03. The lowest BCUT2D eigenvalue weighted by atomic mass is 10.2. The number of benzene rings is 1. The first kappa shape index (κ1) is 16.6. The molecule has 0 fully saturated rings. The molecule has 0 radical (unpaired) electrons. The second-order valence-electron chi connectivity index (χ2n) is 5.40. The lowest BCUT2D eigenvalue weighted by Crippen LogP contribution is -2.12. The van der Waals surface area contributed by atoms with Crippen LogP contribution in [0.4, 0.5) is 5.82 Å². The van der Waals surface area contributed by atoms with Crippen LogP contribution in [0.25, 0.3) is 0 Å². The predicted molar refractivity (Wildman–Crippen MR) is 91.2 cm³/mol. The molecule has 1 amide bonds. The van der Waals surface area contributed by atoms with E-state index >= 15 is 0 Å². The van der Waals surface area contributed by atoms with Crippen molar-refractivity contribution in [3.05, 3.63) is 59.5 Å². The van der Waals surface area contributed by atoms with Crippen molar-refractivity contribution in [1.29, 1.82) is 0 Å². The SMILES string of the molecule is CCn1nnnc1COc1ccc(C(=O)Nc2ccc(C)cn2)cc1. The van der Waals surface area contributed by atoms with E-state index in [1.165, 1.54) is 0 Å². The highest BCUT2D eigenvalue weighted by Gasteiger charge is 2.08. The van der Waals surface area contributed by atoms with Crippen LogP contribution in [0, 0.1) is 6.92 Å². The summed E-state index contributed by atoms with van der Waals surface area (Å²) in [5, 5.41) is 14.1. The smallest absolute Gasteiger partial charge is 0.256 e. The Bertz CT molecular complexity index is 842. The van der Waals surface area contributed by atoms with Crippen molar-refractivity contribution < 1.29 is 9.53 Å². The molecule has 0 saturated heterocycles. The normalized spacial score (nSPS) is 10.5. The number of ether oxygens (including phenoxy) is 1. The molecule has 3 rings (SSSR count). The number of hydrogen-bond donors (Lipinski definition) is 1. The van der Waals surface area contributed by atoms with Crippen LogP contribution in [-0.4, -0.2) is 31.1 Å². The Hall–Kier alpha value is -3.29. The van der Waals surface area contributed by atoms with Crippen molar-refractivity contribution in [2.24, 2.45) is 0 Å². The van der Waals surface area contributed by atoms with Crippen molar-refractivity contribution in [3.8, 4) is 5.75 Å². The van der Waals surface area contributed by atoms with E-state index in [1.54, 1.807) is 41.2 Å². The molecule has 0 aliphatic rings. The number of nitrogens with zero attached hydrogens (tertiary/aromatic N) is 5. The number of rotatable bonds is 6. The summed E-state index contributed by atoms with van der Waals surface area (Å²) >= 11 is 0. The number of amides is 1. The molecule has 25 heavy (non-hydrogen) atoms. The Kier molecular flexibility index (Phi) is 4.98. The third-order valence-electron chi connectivity index (χ3n) is 3.54. The van der Waals surface area contributed by atoms with Crippen LogP contribution in [0.2, 0.25) is 0 Å². The number of carbonyl (C=O) groups excluding carboxylic acids is 1. The molecule has 0 aliphatic carbocycles. The molecule has 0 aliphatic heterocycles. The predicted octanol–water partition coefficient (Wildman–Crippen LogP) is 2.23. The summed E-state index contributed by atoms with van der Waals surface area (Å²) in [7, 11) is 0. The summed E-state index contributed by atoms with van der Waals surface area (Å²) in [5.74, 6) is 1.57. The van der Waals surface area contributed by atoms with E-state index in [0.29, 0.717) is 29.5 Å². The fourth-order valence-electron chi connectivity index (χ4n) is 2.15. The fourth-order valence-corrected chi connectivity index (χ4v) is 2.15. The number of aryl methyl sites for hydroxylation is 2. The molecule has 8 nitrogen and oxygen atoms in total. The van der Waals surface area contributed by atoms with Crippen molar-refractivity contribution in [2.75, 3.05) is 5.32 Å².